The number of fused-ring (bicyclic) bond motifs is 1. The van der Waals surface area contributed by atoms with Gasteiger partial charge in [-0.3, -0.25) is 0 Å². The molecule has 0 bridgehead atoms. The quantitative estimate of drug-likeness (QED) is 0.675. The first-order valence-electron chi connectivity index (χ1n) is 7.14. The molecule has 0 aliphatic heterocycles. The lowest BCUT2D eigenvalue weighted by Gasteiger charge is -2.29. The maximum atomic E-state index is 6.24. The summed E-state index contributed by atoms with van der Waals surface area (Å²) in [6, 6.07) is 1.40. The zero-order chi connectivity index (χ0) is 11.8. The van der Waals surface area contributed by atoms with Crippen LogP contribution in [0.3, 0.4) is 0 Å². The molecule has 0 radical (unpaired) electrons. The molecule has 0 N–H and O–H groups in total. The van der Waals surface area contributed by atoms with E-state index in [0.29, 0.717) is 0 Å². The Labute approximate surface area is 104 Å². The van der Waals surface area contributed by atoms with Crippen LogP contribution < -0.4 is 0 Å². The minimum absolute atomic E-state index is 0.812. The first-order chi connectivity index (χ1) is 7.46. The average molecular weight is 257 g/mol. The van der Waals surface area contributed by atoms with Crippen LogP contribution in [0.1, 0.15) is 32.1 Å². The van der Waals surface area contributed by atoms with Gasteiger partial charge in [-0.2, -0.15) is 0 Å². The van der Waals surface area contributed by atoms with Crippen molar-refractivity contribution in [1.29, 1.82) is 0 Å². The van der Waals surface area contributed by atoms with Gasteiger partial charge in [-0.1, -0.05) is 12.8 Å². The minimum Gasteiger partial charge on any atom is -0.458 e. The van der Waals surface area contributed by atoms with Crippen LogP contribution in [0, 0.1) is 17.8 Å². The van der Waals surface area contributed by atoms with Crippen LogP contribution in [0.25, 0.3) is 0 Å². The van der Waals surface area contributed by atoms with E-state index in [2.05, 4.69) is 26.2 Å². The third-order valence-corrected chi connectivity index (χ3v) is 10.3. The van der Waals surface area contributed by atoms with Gasteiger partial charge in [0.25, 0.3) is 0 Å². The van der Waals surface area contributed by atoms with Crippen molar-refractivity contribution in [3.8, 4) is 0 Å². The second-order valence-corrected chi connectivity index (χ2v) is 14.0. The molecule has 1 nitrogen and oxygen atoms in total. The SMILES string of the molecule is C[SiH](C)O[Si](C)(C)CCC1CCC2CC2C1. The Kier molecular flexibility index (Phi) is 3.97. The maximum Gasteiger partial charge on any atom is 0.173 e. The molecule has 2 aliphatic rings. The molecule has 0 aromatic heterocycles. The summed E-state index contributed by atoms with van der Waals surface area (Å²) in [6.07, 6.45) is 7.63. The standard InChI is InChI=1S/C13H28OSi2/c1-15(2)14-16(3,4)8-7-11-5-6-12-10-13(12)9-11/h11-13,15H,5-10H2,1-4H3. The van der Waals surface area contributed by atoms with Gasteiger partial charge in [0, 0.05) is 0 Å². The highest BCUT2D eigenvalue weighted by Gasteiger charge is 2.42. The van der Waals surface area contributed by atoms with Crippen LogP contribution in [0.15, 0.2) is 0 Å². The summed E-state index contributed by atoms with van der Waals surface area (Å²) in [6.45, 7) is 9.46. The zero-order valence-electron chi connectivity index (χ0n) is 11.5. The molecular weight excluding hydrogens is 228 g/mol. The molecule has 0 aromatic rings. The average Bonchev–Trinajstić information content (AvgIpc) is 2.90. The van der Waals surface area contributed by atoms with Gasteiger partial charge in [-0.15, -0.1) is 0 Å². The lowest BCUT2D eigenvalue weighted by atomic mass is 9.87. The van der Waals surface area contributed by atoms with E-state index in [1.807, 2.05) is 0 Å². The maximum absolute atomic E-state index is 6.24. The minimum atomic E-state index is -1.30. The van der Waals surface area contributed by atoms with Crippen molar-refractivity contribution < 1.29 is 4.12 Å². The molecule has 3 unspecified atom stereocenters. The fourth-order valence-corrected chi connectivity index (χ4v) is 10.1. The van der Waals surface area contributed by atoms with Gasteiger partial charge in [0.1, 0.15) is 0 Å². The first kappa shape index (κ1) is 12.8. The molecule has 0 amide bonds. The molecule has 16 heavy (non-hydrogen) atoms. The van der Waals surface area contributed by atoms with Gasteiger partial charge in [0.15, 0.2) is 17.4 Å². The third kappa shape index (κ3) is 3.71. The molecule has 0 spiro atoms. The van der Waals surface area contributed by atoms with Crippen molar-refractivity contribution in [3.63, 3.8) is 0 Å². The van der Waals surface area contributed by atoms with Gasteiger partial charge in [0.05, 0.1) is 0 Å². The second kappa shape index (κ2) is 4.95. The highest BCUT2D eigenvalue weighted by molar-refractivity contribution is 6.77. The Morgan fingerprint density at radius 1 is 1.12 bits per heavy atom. The fraction of sp³-hybridized carbons (Fsp3) is 1.00. The van der Waals surface area contributed by atoms with E-state index < -0.39 is 17.4 Å². The number of hydrogen-bond donors (Lipinski definition) is 0. The van der Waals surface area contributed by atoms with Crippen LogP contribution in [0.4, 0.5) is 0 Å². The third-order valence-electron chi connectivity index (χ3n) is 4.36. The van der Waals surface area contributed by atoms with E-state index in [4.69, 9.17) is 4.12 Å². The van der Waals surface area contributed by atoms with Crippen molar-refractivity contribution in [1.82, 2.24) is 0 Å². The molecule has 2 aliphatic carbocycles. The summed E-state index contributed by atoms with van der Waals surface area (Å²) in [5.41, 5.74) is 0. The highest BCUT2D eigenvalue weighted by Crippen LogP contribution is 2.52. The second-order valence-electron chi connectivity index (χ2n) is 6.90. The Hall–Kier alpha value is 0.394. The van der Waals surface area contributed by atoms with Gasteiger partial charge >= 0.3 is 0 Å². The molecule has 94 valence electrons. The van der Waals surface area contributed by atoms with E-state index in [1.54, 1.807) is 12.8 Å². The van der Waals surface area contributed by atoms with E-state index in [9.17, 15) is 0 Å². The Morgan fingerprint density at radius 2 is 1.88 bits per heavy atom. The molecule has 3 atom stereocenters. The Balaban J connectivity index is 1.69. The highest BCUT2D eigenvalue weighted by atomic mass is 28.4. The van der Waals surface area contributed by atoms with E-state index >= 15 is 0 Å². The van der Waals surface area contributed by atoms with Crippen LogP contribution >= 0.6 is 0 Å². The smallest absolute Gasteiger partial charge is 0.173 e. The molecule has 2 saturated carbocycles. The Morgan fingerprint density at radius 3 is 2.50 bits per heavy atom. The van der Waals surface area contributed by atoms with Crippen molar-refractivity contribution in [2.75, 3.05) is 0 Å². The topological polar surface area (TPSA) is 9.23 Å². The van der Waals surface area contributed by atoms with Crippen molar-refractivity contribution >= 4 is 17.4 Å². The predicted octanol–water partition coefficient (Wildman–Crippen LogP) is 4.02. The molecule has 0 saturated heterocycles. The lowest BCUT2D eigenvalue weighted by Crippen LogP contribution is -2.35. The predicted molar refractivity (Wildman–Crippen MR) is 75.8 cm³/mol. The van der Waals surface area contributed by atoms with Gasteiger partial charge in [0.2, 0.25) is 0 Å². The van der Waals surface area contributed by atoms with E-state index in [-0.39, 0.29) is 0 Å². The molecule has 0 aromatic carbocycles. The van der Waals surface area contributed by atoms with Gasteiger partial charge in [-0.25, -0.2) is 0 Å². The van der Waals surface area contributed by atoms with Crippen LogP contribution in [-0.2, 0) is 4.12 Å². The van der Waals surface area contributed by atoms with Crippen molar-refractivity contribution in [3.05, 3.63) is 0 Å². The number of rotatable bonds is 5. The summed E-state index contributed by atoms with van der Waals surface area (Å²) < 4.78 is 6.24. The monoisotopic (exact) mass is 256 g/mol. The van der Waals surface area contributed by atoms with Crippen LogP contribution in [0.5, 0.6) is 0 Å². The van der Waals surface area contributed by atoms with E-state index in [1.165, 1.54) is 25.3 Å². The summed E-state index contributed by atoms with van der Waals surface area (Å²) in [5.74, 6) is 3.35. The molecule has 2 rings (SSSR count). The van der Waals surface area contributed by atoms with E-state index in [0.717, 1.165) is 17.8 Å². The molecular formula is C13H28OSi2. The van der Waals surface area contributed by atoms with Crippen molar-refractivity contribution in [2.24, 2.45) is 17.8 Å². The summed E-state index contributed by atoms with van der Waals surface area (Å²) in [7, 11) is -2.11. The first-order valence-corrected chi connectivity index (χ1v) is 13.0. The van der Waals surface area contributed by atoms with Gasteiger partial charge in [-0.05, 0) is 69.2 Å². The summed E-state index contributed by atoms with van der Waals surface area (Å²) in [5, 5.41) is 0. The normalized spacial score (nSPS) is 33.9. The molecule has 3 heteroatoms. The van der Waals surface area contributed by atoms with Crippen LogP contribution in [0.2, 0.25) is 32.2 Å². The Bertz CT molecular complexity index is 240. The van der Waals surface area contributed by atoms with Gasteiger partial charge < -0.3 is 4.12 Å². The summed E-state index contributed by atoms with van der Waals surface area (Å²) >= 11 is 0. The number of hydrogen-bond acceptors (Lipinski definition) is 1. The molecule has 0 heterocycles. The summed E-state index contributed by atoms with van der Waals surface area (Å²) in [4.78, 5) is 0. The largest absolute Gasteiger partial charge is 0.458 e. The molecule has 2 fully saturated rings. The zero-order valence-corrected chi connectivity index (χ0v) is 13.6. The lowest BCUT2D eigenvalue weighted by molar-refractivity contribution is 0.331. The fourth-order valence-electron chi connectivity index (χ4n) is 3.46. The van der Waals surface area contributed by atoms with Crippen LogP contribution in [-0.4, -0.2) is 17.4 Å². The van der Waals surface area contributed by atoms with Crippen molar-refractivity contribution in [2.45, 2.75) is 64.3 Å².